The van der Waals surface area contributed by atoms with Gasteiger partial charge < -0.3 is 9.73 Å². The van der Waals surface area contributed by atoms with Gasteiger partial charge in [0.05, 0.1) is 6.26 Å². The molecule has 1 aromatic heterocycles. The maximum atomic E-state index is 5.35. The normalized spacial score (nSPS) is 12.4. The topological polar surface area (TPSA) is 25.2 Å². The van der Waals surface area contributed by atoms with Gasteiger partial charge in [0.25, 0.3) is 0 Å². The summed E-state index contributed by atoms with van der Waals surface area (Å²) in [7, 11) is 0. The van der Waals surface area contributed by atoms with Gasteiger partial charge in [-0.1, -0.05) is 6.07 Å². The number of rotatable bonds is 4. The van der Waals surface area contributed by atoms with E-state index >= 15 is 0 Å². The number of hydrogen-bond acceptors (Lipinski definition) is 2. The summed E-state index contributed by atoms with van der Waals surface area (Å²) in [6.45, 7) is 6.41. The van der Waals surface area contributed by atoms with Crippen LogP contribution in [0, 0.1) is 13.8 Å². The van der Waals surface area contributed by atoms with Crippen LogP contribution in [0.2, 0.25) is 0 Å². The zero-order valence-corrected chi connectivity index (χ0v) is 10.7. The molecule has 2 aromatic rings. The van der Waals surface area contributed by atoms with Crippen molar-refractivity contribution in [2.75, 3.05) is 5.32 Å². The number of hydrogen-bond donors (Lipinski definition) is 1. The van der Waals surface area contributed by atoms with Crippen molar-refractivity contribution in [3.63, 3.8) is 0 Å². The van der Waals surface area contributed by atoms with Gasteiger partial charge in [-0.15, -0.1) is 0 Å². The van der Waals surface area contributed by atoms with E-state index in [1.165, 1.54) is 16.8 Å². The summed E-state index contributed by atoms with van der Waals surface area (Å²) in [6, 6.07) is 10.8. The SMILES string of the molecule is Cc1cc(C)cc(NC(C)Cc2ccco2)c1. The van der Waals surface area contributed by atoms with Gasteiger partial charge in [0.15, 0.2) is 0 Å². The molecular weight excluding hydrogens is 210 g/mol. The molecule has 2 heteroatoms. The molecule has 1 aromatic carbocycles. The predicted molar refractivity (Wildman–Crippen MR) is 71.4 cm³/mol. The highest BCUT2D eigenvalue weighted by Crippen LogP contribution is 2.16. The van der Waals surface area contributed by atoms with Crippen molar-refractivity contribution >= 4 is 5.69 Å². The number of nitrogens with one attached hydrogen (secondary N) is 1. The van der Waals surface area contributed by atoms with Crippen molar-refractivity contribution in [3.8, 4) is 0 Å². The quantitative estimate of drug-likeness (QED) is 0.859. The molecule has 1 heterocycles. The van der Waals surface area contributed by atoms with Crippen LogP contribution in [0.1, 0.15) is 23.8 Å². The summed E-state index contributed by atoms with van der Waals surface area (Å²) >= 11 is 0. The fourth-order valence-corrected chi connectivity index (χ4v) is 2.12. The van der Waals surface area contributed by atoms with Gasteiger partial charge in [-0.25, -0.2) is 0 Å². The molecule has 0 saturated heterocycles. The van der Waals surface area contributed by atoms with Crippen LogP contribution in [0.25, 0.3) is 0 Å². The van der Waals surface area contributed by atoms with E-state index < -0.39 is 0 Å². The van der Waals surface area contributed by atoms with E-state index in [2.05, 4.69) is 44.3 Å². The van der Waals surface area contributed by atoms with Crippen LogP contribution in [0.5, 0.6) is 0 Å². The second-order valence-electron chi connectivity index (χ2n) is 4.71. The fourth-order valence-electron chi connectivity index (χ4n) is 2.12. The van der Waals surface area contributed by atoms with Crippen molar-refractivity contribution in [3.05, 3.63) is 53.5 Å². The van der Waals surface area contributed by atoms with Crippen LogP contribution in [-0.2, 0) is 6.42 Å². The van der Waals surface area contributed by atoms with Gasteiger partial charge in [-0.2, -0.15) is 0 Å². The second-order valence-corrected chi connectivity index (χ2v) is 4.71. The second kappa shape index (κ2) is 5.09. The molecule has 0 aliphatic rings. The van der Waals surface area contributed by atoms with Gasteiger partial charge in [0, 0.05) is 18.2 Å². The molecule has 0 radical (unpaired) electrons. The van der Waals surface area contributed by atoms with Crippen LogP contribution < -0.4 is 5.32 Å². The molecule has 2 nitrogen and oxygen atoms in total. The zero-order chi connectivity index (χ0) is 12.3. The molecule has 1 unspecified atom stereocenters. The molecule has 0 amide bonds. The lowest BCUT2D eigenvalue weighted by Crippen LogP contribution is -2.17. The van der Waals surface area contributed by atoms with Crippen molar-refractivity contribution in [1.29, 1.82) is 0 Å². The summed E-state index contributed by atoms with van der Waals surface area (Å²) in [6.07, 6.45) is 2.62. The largest absolute Gasteiger partial charge is 0.469 e. The molecule has 0 aliphatic heterocycles. The van der Waals surface area contributed by atoms with Gasteiger partial charge in [0.2, 0.25) is 0 Å². The summed E-state index contributed by atoms with van der Waals surface area (Å²) in [5, 5.41) is 3.50. The highest BCUT2D eigenvalue weighted by atomic mass is 16.3. The third-order valence-electron chi connectivity index (χ3n) is 2.72. The first-order valence-corrected chi connectivity index (χ1v) is 6.01. The van der Waals surface area contributed by atoms with E-state index in [0.29, 0.717) is 6.04 Å². The molecule has 2 rings (SSSR count). The molecule has 0 fully saturated rings. The third kappa shape index (κ3) is 3.38. The van der Waals surface area contributed by atoms with E-state index in [0.717, 1.165) is 12.2 Å². The van der Waals surface area contributed by atoms with Crippen LogP contribution in [0.15, 0.2) is 41.0 Å². The number of furan rings is 1. The molecular formula is C15H19NO. The van der Waals surface area contributed by atoms with Crippen LogP contribution in [0.4, 0.5) is 5.69 Å². The zero-order valence-electron chi connectivity index (χ0n) is 10.7. The predicted octanol–water partition coefficient (Wildman–Crippen LogP) is 3.94. The maximum Gasteiger partial charge on any atom is 0.105 e. The monoisotopic (exact) mass is 229 g/mol. The minimum absolute atomic E-state index is 0.363. The van der Waals surface area contributed by atoms with Crippen molar-refractivity contribution in [2.24, 2.45) is 0 Å². The molecule has 0 aliphatic carbocycles. The lowest BCUT2D eigenvalue weighted by molar-refractivity contribution is 0.498. The highest BCUT2D eigenvalue weighted by molar-refractivity contribution is 5.49. The smallest absolute Gasteiger partial charge is 0.105 e. The van der Waals surface area contributed by atoms with Crippen LogP contribution >= 0.6 is 0 Å². The Kier molecular flexibility index (Phi) is 3.52. The average molecular weight is 229 g/mol. The Labute approximate surface area is 103 Å². The standard InChI is InChI=1S/C15H19NO/c1-11-7-12(2)9-14(8-11)16-13(3)10-15-5-4-6-17-15/h4-9,13,16H,10H2,1-3H3. The number of aryl methyl sites for hydroxylation is 2. The van der Waals surface area contributed by atoms with Gasteiger partial charge in [-0.05, 0) is 56.2 Å². The third-order valence-corrected chi connectivity index (χ3v) is 2.72. The van der Waals surface area contributed by atoms with E-state index in [9.17, 15) is 0 Å². The minimum Gasteiger partial charge on any atom is -0.469 e. The molecule has 1 atom stereocenters. The molecule has 1 N–H and O–H groups in total. The summed E-state index contributed by atoms with van der Waals surface area (Å²) in [5.74, 6) is 1.02. The van der Waals surface area contributed by atoms with Crippen molar-refractivity contribution < 1.29 is 4.42 Å². The Morgan fingerprint density at radius 1 is 1.18 bits per heavy atom. The highest BCUT2D eigenvalue weighted by Gasteiger charge is 2.06. The summed E-state index contributed by atoms with van der Waals surface area (Å²) in [4.78, 5) is 0. The lowest BCUT2D eigenvalue weighted by Gasteiger charge is -2.15. The van der Waals surface area contributed by atoms with Crippen molar-refractivity contribution in [2.45, 2.75) is 33.2 Å². The minimum atomic E-state index is 0.363. The van der Waals surface area contributed by atoms with Crippen LogP contribution in [0.3, 0.4) is 0 Å². The Bertz CT molecular complexity index is 453. The van der Waals surface area contributed by atoms with E-state index in [4.69, 9.17) is 4.42 Å². The Hall–Kier alpha value is -1.70. The number of anilines is 1. The molecule has 90 valence electrons. The van der Waals surface area contributed by atoms with E-state index in [-0.39, 0.29) is 0 Å². The number of benzene rings is 1. The maximum absolute atomic E-state index is 5.35. The Morgan fingerprint density at radius 3 is 2.47 bits per heavy atom. The molecule has 0 spiro atoms. The first kappa shape index (κ1) is 11.8. The molecule has 0 saturated carbocycles. The van der Waals surface area contributed by atoms with Crippen LogP contribution in [-0.4, -0.2) is 6.04 Å². The fraction of sp³-hybridized carbons (Fsp3) is 0.333. The van der Waals surface area contributed by atoms with Gasteiger partial charge in [-0.3, -0.25) is 0 Å². The first-order chi connectivity index (χ1) is 8.13. The van der Waals surface area contributed by atoms with Crippen molar-refractivity contribution in [1.82, 2.24) is 0 Å². The Balaban J connectivity index is 2.00. The summed E-state index contributed by atoms with van der Waals surface area (Å²) < 4.78 is 5.35. The summed E-state index contributed by atoms with van der Waals surface area (Å²) in [5.41, 5.74) is 3.76. The molecule has 0 bridgehead atoms. The Morgan fingerprint density at radius 2 is 1.88 bits per heavy atom. The van der Waals surface area contributed by atoms with Gasteiger partial charge in [0.1, 0.15) is 5.76 Å². The van der Waals surface area contributed by atoms with Gasteiger partial charge >= 0.3 is 0 Å². The lowest BCUT2D eigenvalue weighted by atomic mass is 10.1. The van der Waals surface area contributed by atoms with E-state index in [1.807, 2.05) is 12.1 Å². The molecule has 17 heavy (non-hydrogen) atoms. The van der Waals surface area contributed by atoms with E-state index in [1.54, 1.807) is 6.26 Å². The average Bonchev–Trinajstić information content (AvgIpc) is 2.67. The first-order valence-electron chi connectivity index (χ1n) is 6.01.